The summed E-state index contributed by atoms with van der Waals surface area (Å²) in [5, 5.41) is 3.93. The molecule has 3 rings (SSSR count). The van der Waals surface area contributed by atoms with E-state index in [-0.39, 0.29) is 0 Å². The van der Waals surface area contributed by atoms with Crippen LogP contribution in [-0.4, -0.2) is 13.1 Å². The van der Waals surface area contributed by atoms with Gasteiger partial charge in [0, 0.05) is 30.9 Å². The van der Waals surface area contributed by atoms with Gasteiger partial charge in [0.2, 0.25) is 0 Å². The Morgan fingerprint density at radius 2 is 1.50 bits per heavy atom. The van der Waals surface area contributed by atoms with E-state index in [1.54, 1.807) is 0 Å². The molecule has 0 bridgehead atoms. The van der Waals surface area contributed by atoms with Gasteiger partial charge in [-0.2, -0.15) is 0 Å². The SMILES string of the molecule is CC(C)C[C@H](N[C@@H](C)c1ccccc1)c1ccccc1N1CCCCC1. The van der Waals surface area contributed by atoms with Crippen molar-refractivity contribution in [3.63, 3.8) is 0 Å². The third-order valence-corrected chi connectivity index (χ3v) is 5.47. The molecule has 0 spiro atoms. The summed E-state index contributed by atoms with van der Waals surface area (Å²) >= 11 is 0. The van der Waals surface area contributed by atoms with E-state index in [2.05, 4.69) is 85.6 Å². The van der Waals surface area contributed by atoms with Gasteiger partial charge in [0.15, 0.2) is 0 Å². The summed E-state index contributed by atoms with van der Waals surface area (Å²) in [6.45, 7) is 9.32. The van der Waals surface area contributed by atoms with Gasteiger partial charge in [-0.25, -0.2) is 0 Å². The van der Waals surface area contributed by atoms with Crippen LogP contribution < -0.4 is 10.2 Å². The van der Waals surface area contributed by atoms with Crippen molar-refractivity contribution in [3.8, 4) is 0 Å². The monoisotopic (exact) mass is 350 g/mol. The minimum atomic E-state index is 0.342. The highest BCUT2D eigenvalue weighted by Gasteiger charge is 2.22. The maximum absolute atomic E-state index is 3.93. The summed E-state index contributed by atoms with van der Waals surface area (Å²) in [5.74, 6) is 0.657. The molecule has 140 valence electrons. The molecular formula is C24H34N2. The van der Waals surface area contributed by atoms with Crippen molar-refractivity contribution in [2.75, 3.05) is 18.0 Å². The summed E-state index contributed by atoms with van der Waals surface area (Å²) in [4.78, 5) is 2.60. The van der Waals surface area contributed by atoms with E-state index in [9.17, 15) is 0 Å². The molecule has 1 aliphatic rings. The minimum absolute atomic E-state index is 0.342. The summed E-state index contributed by atoms with van der Waals surface area (Å²) < 4.78 is 0. The number of rotatable bonds is 7. The van der Waals surface area contributed by atoms with Gasteiger partial charge in [0.05, 0.1) is 0 Å². The molecule has 1 N–H and O–H groups in total. The lowest BCUT2D eigenvalue weighted by molar-refractivity contribution is 0.393. The largest absolute Gasteiger partial charge is 0.371 e. The molecule has 0 radical (unpaired) electrons. The minimum Gasteiger partial charge on any atom is -0.371 e. The Morgan fingerprint density at radius 3 is 2.19 bits per heavy atom. The molecule has 26 heavy (non-hydrogen) atoms. The first-order valence-electron chi connectivity index (χ1n) is 10.3. The van der Waals surface area contributed by atoms with Gasteiger partial charge in [-0.15, -0.1) is 0 Å². The molecule has 2 heteroatoms. The zero-order valence-electron chi connectivity index (χ0n) is 16.6. The average molecular weight is 351 g/mol. The predicted octanol–water partition coefficient (Wildman–Crippen LogP) is 6.11. The van der Waals surface area contributed by atoms with Crippen molar-refractivity contribution in [1.29, 1.82) is 0 Å². The quantitative estimate of drug-likeness (QED) is 0.647. The highest BCUT2D eigenvalue weighted by atomic mass is 15.1. The Morgan fingerprint density at radius 1 is 0.846 bits per heavy atom. The highest BCUT2D eigenvalue weighted by Crippen LogP contribution is 2.33. The number of nitrogens with one attached hydrogen (secondary N) is 1. The first kappa shape index (κ1) is 19.0. The maximum Gasteiger partial charge on any atom is 0.0414 e. The molecule has 0 saturated carbocycles. The molecule has 2 nitrogen and oxygen atoms in total. The number of hydrogen-bond donors (Lipinski definition) is 1. The first-order chi connectivity index (χ1) is 12.6. The molecule has 1 heterocycles. The maximum atomic E-state index is 3.93. The third kappa shape index (κ3) is 4.88. The van der Waals surface area contributed by atoms with Crippen molar-refractivity contribution in [2.45, 2.75) is 58.5 Å². The van der Waals surface area contributed by atoms with Crippen LogP contribution in [0.5, 0.6) is 0 Å². The number of nitrogens with zero attached hydrogens (tertiary/aromatic N) is 1. The zero-order valence-corrected chi connectivity index (χ0v) is 16.6. The number of anilines is 1. The van der Waals surface area contributed by atoms with E-state index in [1.807, 2.05) is 0 Å². The Bertz CT molecular complexity index is 659. The highest BCUT2D eigenvalue weighted by molar-refractivity contribution is 5.55. The molecule has 0 aliphatic carbocycles. The van der Waals surface area contributed by atoms with E-state index >= 15 is 0 Å². The van der Waals surface area contributed by atoms with Crippen LogP contribution in [0.1, 0.15) is 69.7 Å². The number of hydrogen-bond acceptors (Lipinski definition) is 2. The van der Waals surface area contributed by atoms with Crippen LogP contribution in [0.2, 0.25) is 0 Å². The van der Waals surface area contributed by atoms with Crippen LogP contribution in [0.15, 0.2) is 54.6 Å². The average Bonchev–Trinajstić information content (AvgIpc) is 2.68. The van der Waals surface area contributed by atoms with Gasteiger partial charge >= 0.3 is 0 Å². The number of piperidine rings is 1. The lowest BCUT2D eigenvalue weighted by Crippen LogP contribution is -2.33. The fraction of sp³-hybridized carbons (Fsp3) is 0.500. The van der Waals surface area contributed by atoms with E-state index in [1.165, 1.54) is 49.2 Å². The van der Waals surface area contributed by atoms with Gasteiger partial charge < -0.3 is 10.2 Å². The van der Waals surface area contributed by atoms with Crippen molar-refractivity contribution in [3.05, 3.63) is 65.7 Å². The lowest BCUT2D eigenvalue weighted by Gasteiger charge is -2.34. The molecular weight excluding hydrogens is 316 g/mol. The van der Waals surface area contributed by atoms with E-state index < -0.39 is 0 Å². The van der Waals surface area contributed by atoms with Crippen LogP contribution in [-0.2, 0) is 0 Å². The normalized spacial score (nSPS) is 17.3. The molecule has 2 aromatic carbocycles. The predicted molar refractivity (Wildman–Crippen MR) is 113 cm³/mol. The summed E-state index contributed by atoms with van der Waals surface area (Å²) in [5.41, 5.74) is 4.26. The lowest BCUT2D eigenvalue weighted by atomic mass is 9.93. The Labute approximate surface area is 159 Å². The molecule has 1 saturated heterocycles. The standard InChI is InChI=1S/C24H34N2/c1-19(2)18-23(25-20(3)21-12-6-4-7-13-21)22-14-8-9-15-24(22)26-16-10-5-11-17-26/h4,6-9,12-15,19-20,23,25H,5,10-11,16-18H2,1-3H3/t20-,23-/m0/s1. The van der Waals surface area contributed by atoms with Gasteiger partial charge in [0.1, 0.15) is 0 Å². The summed E-state index contributed by atoms with van der Waals surface area (Å²) in [6.07, 6.45) is 5.16. The van der Waals surface area contributed by atoms with Crippen LogP contribution in [0.4, 0.5) is 5.69 Å². The topological polar surface area (TPSA) is 15.3 Å². The molecule has 0 amide bonds. The van der Waals surface area contributed by atoms with Gasteiger partial charge in [0.25, 0.3) is 0 Å². The second kappa shape index (κ2) is 9.23. The van der Waals surface area contributed by atoms with Crippen molar-refractivity contribution >= 4 is 5.69 Å². The Hall–Kier alpha value is -1.80. The number of para-hydroxylation sites is 1. The van der Waals surface area contributed by atoms with Crippen LogP contribution in [0.25, 0.3) is 0 Å². The molecule has 1 aliphatic heterocycles. The van der Waals surface area contributed by atoms with Crippen molar-refractivity contribution in [1.82, 2.24) is 5.32 Å². The van der Waals surface area contributed by atoms with E-state index in [4.69, 9.17) is 0 Å². The fourth-order valence-corrected chi connectivity index (χ4v) is 4.10. The van der Waals surface area contributed by atoms with Gasteiger partial charge in [-0.3, -0.25) is 0 Å². The van der Waals surface area contributed by atoms with Gasteiger partial charge in [-0.1, -0.05) is 62.4 Å². The summed E-state index contributed by atoms with van der Waals surface area (Å²) in [7, 11) is 0. The molecule has 0 aromatic heterocycles. The third-order valence-electron chi connectivity index (χ3n) is 5.47. The first-order valence-corrected chi connectivity index (χ1v) is 10.3. The Kier molecular flexibility index (Phi) is 6.73. The molecule has 1 fully saturated rings. The van der Waals surface area contributed by atoms with E-state index in [0.29, 0.717) is 18.0 Å². The molecule has 2 atom stereocenters. The fourth-order valence-electron chi connectivity index (χ4n) is 4.10. The summed E-state index contributed by atoms with van der Waals surface area (Å²) in [6, 6.07) is 20.6. The van der Waals surface area contributed by atoms with Crippen molar-refractivity contribution in [2.24, 2.45) is 5.92 Å². The van der Waals surface area contributed by atoms with E-state index in [0.717, 1.165) is 6.42 Å². The second-order valence-corrected chi connectivity index (χ2v) is 8.09. The van der Waals surface area contributed by atoms with Crippen LogP contribution in [0, 0.1) is 5.92 Å². The number of benzene rings is 2. The van der Waals surface area contributed by atoms with Gasteiger partial charge in [-0.05, 0) is 55.7 Å². The van der Waals surface area contributed by atoms with Crippen LogP contribution >= 0.6 is 0 Å². The smallest absolute Gasteiger partial charge is 0.0414 e. The second-order valence-electron chi connectivity index (χ2n) is 8.09. The zero-order chi connectivity index (χ0) is 18.4. The Balaban J connectivity index is 1.85. The van der Waals surface area contributed by atoms with Crippen molar-refractivity contribution < 1.29 is 0 Å². The molecule has 0 unspecified atom stereocenters. The molecule has 2 aromatic rings. The van der Waals surface area contributed by atoms with Crippen LogP contribution in [0.3, 0.4) is 0 Å².